The molecule has 1 heterocycles. The topological polar surface area (TPSA) is 86.1 Å². The van der Waals surface area contributed by atoms with Gasteiger partial charge in [-0.2, -0.15) is 0 Å². The molecule has 8 heteroatoms. The molecule has 0 aliphatic carbocycles. The maximum absolute atomic E-state index is 12.1. The molecule has 0 spiro atoms. The highest BCUT2D eigenvalue weighted by molar-refractivity contribution is 7.99. The van der Waals surface area contributed by atoms with E-state index < -0.39 is 0 Å². The second kappa shape index (κ2) is 9.00. The predicted octanol–water partition coefficient (Wildman–Crippen LogP) is 3.17. The van der Waals surface area contributed by atoms with Gasteiger partial charge in [-0.05, 0) is 43.3 Å². The second-order valence-electron chi connectivity index (χ2n) is 5.44. The summed E-state index contributed by atoms with van der Waals surface area (Å²) in [6.07, 6.45) is 1.61. The van der Waals surface area contributed by atoms with Gasteiger partial charge in [-0.25, -0.2) is 14.5 Å². The maximum Gasteiger partial charge on any atom is 0.338 e. The minimum absolute atomic E-state index is 0.179. The Morgan fingerprint density at radius 1 is 1.11 bits per heavy atom. The number of rotatable bonds is 7. The standard InChI is InChI=1S/C19H18N4O3S/c1-2-26-18(25)14-8-10-15(11-9-14)21-17(24)12-27-19-20-13-23(22-19)16-6-4-3-5-7-16/h3-11,13H,2,12H2,1H3,(H,21,24). The number of anilines is 1. The van der Waals surface area contributed by atoms with Crippen molar-refractivity contribution in [2.24, 2.45) is 0 Å². The Labute approximate surface area is 160 Å². The number of para-hydroxylation sites is 1. The van der Waals surface area contributed by atoms with Gasteiger partial charge in [-0.1, -0.05) is 30.0 Å². The van der Waals surface area contributed by atoms with Crippen LogP contribution in [0.2, 0.25) is 0 Å². The third-order valence-electron chi connectivity index (χ3n) is 3.50. The van der Waals surface area contributed by atoms with Gasteiger partial charge in [0.1, 0.15) is 6.33 Å². The van der Waals surface area contributed by atoms with Gasteiger partial charge in [0, 0.05) is 5.69 Å². The van der Waals surface area contributed by atoms with E-state index in [0.717, 1.165) is 5.69 Å². The number of thioether (sulfide) groups is 1. The summed E-state index contributed by atoms with van der Waals surface area (Å²) in [5.41, 5.74) is 1.96. The molecule has 0 bridgehead atoms. The molecule has 0 saturated heterocycles. The zero-order valence-corrected chi connectivity index (χ0v) is 15.5. The Kier molecular flexibility index (Phi) is 6.22. The van der Waals surface area contributed by atoms with E-state index in [1.807, 2.05) is 30.3 Å². The lowest BCUT2D eigenvalue weighted by Crippen LogP contribution is -2.14. The average Bonchev–Trinajstić information content (AvgIpc) is 3.17. The van der Waals surface area contributed by atoms with Crippen LogP contribution >= 0.6 is 11.8 Å². The minimum atomic E-state index is -0.383. The predicted molar refractivity (Wildman–Crippen MR) is 103 cm³/mol. The largest absolute Gasteiger partial charge is 0.462 e. The van der Waals surface area contributed by atoms with Gasteiger partial charge >= 0.3 is 5.97 Å². The molecule has 0 unspecified atom stereocenters. The van der Waals surface area contributed by atoms with E-state index in [9.17, 15) is 9.59 Å². The molecular formula is C19H18N4O3S. The zero-order valence-electron chi connectivity index (χ0n) is 14.7. The monoisotopic (exact) mass is 382 g/mol. The third-order valence-corrected chi connectivity index (χ3v) is 4.36. The van der Waals surface area contributed by atoms with E-state index in [-0.39, 0.29) is 17.6 Å². The van der Waals surface area contributed by atoms with Gasteiger partial charge in [0.2, 0.25) is 11.1 Å². The normalized spacial score (nSPS) is 10.4. The summed E-state index contributed by atoms with van der Waals surface area (Å²) < 4.78 is 6.59. The summed E-state index contributed by atoms with van der Waals surface area (Å²) in [5.74, 6) is -0.385. The van der Waals surface area contributed by atoms with Crippen LogP contribution < -0.4 is 5.32 Å². The highest BCUT2D eigenvalue weighted by atomic mass is 32.2. The maximum atomic E-state index is 12.1. The Bertz CT molecular complexity index is 910. The molecule has 27 heavy (non-hydrogen) atoms. The van der Waals surface area contributed by atoms with Crippen LogP contribution in [0.4, 0.5) is 5.69 Å². The minimum Gasteiger partial charge on any atom is -0.462 e. The Morgan fingerprint density at radius 2 is 1.85 bits per heavy atom. The summed E-state index contributed by atoms with van der Waals surface area (Å²) in [4.78, 5) is 27.9. The number of carbonyl (C=O) groups excluding carboxylic acids is 2. The number of hydrogen-bond donors (Lipinski definition) is 1. The Hall–Kier alpha value is -3.13. The Balaban J connectivity index is 1.51. The van der Waals surface area contributed by atoms with E-state index in [2.05, 4.69) is 15.4 Å². The van der Waals surface area contributed by atoms with Gasteiger partial charge in [-0.15, -0.1) is 5.10 Å². The first-order valence-electron chi connectivity index (χ1n) is 8.32. The van der Waals surface area contributed by atoms with Crippen LogP contribution in [0.5, 0.6) is 0 Å². The van der Waals surface area contributed by atoms with Crippen molar-refractivity contribution in [3.63, 3.8) is 0 Å². The summed E-state index contributed by atoms with van der Waals surface area (Å²) in [6, 6.07) is 16.2. The van der Waals surface area contributed by atoms with Crippen molar-refractivity contribution in [1.29, 1.82) is 0 Å². The van der Waals surface area contributed by atoms with Crippen molar-refractivity contribution in [3.05, 3.63) is 66.5 Å². The number of amides is 1. The molecule has 3 aromatic rings. The van der Waals surface area contributed by atoms with E-state index in [1.54, 1.807) is 42.2 Å². The molecule has 0 fully saturated rings. The van der Waals surface area contributed by atoms with E-state index in [0.29, 0.717) is 23.0 Å². The van der Waals surface area contributed by atoms with Crippen LogP contribution in [0.3, 0.4) is 0 Å². The fourth-order valence-electron chi connectivity index (χ4n) is 2.25. The van der Waals surface area contributed by atoms with Crippen molar-refractivity contribution in [2.45, 2.75) is 12.1 Å². The molecule has 3 rings (SSSR count). The highest BCUT2D eigenvalue weighted by Crippen LogP contribution is 2.16. The number of hydrogen-bond acceptors (Lipinski definition) is 6. The molecule has 0 radical (unpaired) electrons. The molecule has 1 N–H and O–H groups in total. The van der Waals surface area contributed by atoms with E-state index >= 15 is 0 Å². The van der Waals surface area contributed by atoms with Gasteiger partial charge in [0.05, 0.1) is 23.6 Å². The smallest absolute Gasteiger partial charge is 0.338 e. The molecule has 138 valence electrons. The SMILES string of the molecule is CCOC(=O)c1ccc(NC(=O)CSc2ncn(-c3ccccc3)n2)cc1. The molecule has 1 amide bonds. The quantitative estimate of drug-likeness (QED) is 0.499. The van der Waals surface area contributed by atoms with Crippen molar-refractivity contribution < 1.29 is 14.3 Å². The van der Waals surface area contributed by atoms with Crippen LogP contribution in [0.15, 0.2) is 66.1 Å². The first-order valence-corrected chi connectivity index (χ1v) is 9.31. The number of ether oxygens (including phenoxy) is 1. The lowest BCUT2D eigenvalue weighted by Gasteiger charge is -2.06. The van der Waals surface area contributed by atoms with Crippen molar-refractivity contribution in [1.82, 2.24) is 14.8 Å². The van der Waals surface area contributed by atoms with Crippen LogP contribution in [0.25, 0.3) is 5.69 Å². The van der Waals surface area contributed by atoms with Gasteiger partial charge in [-0.3, -0.25) is 4.79 Å². The lowest BCUT2D eigenvalue weighted by molar-refractivity contribution is -0.113. The van der Waals surface area contributed by atoms with Gasteiger partial charge in [0.15, 0.2) is 0 Å². The van der Waals surface area contributed by atoms with Crippen LogP contribution in [0.1, 0.15) is 17.3 Å². The van der Waals surface area contributed by atoms with E-state index in [1.165, 1.54) is 11.8 Å². The summed E-state index contributed by atoms with van der Waals surface area (Å²) in [7, 11) is 0. The van der Waals surface area contributed by atoms with E-state index in [4.69, 9.17) is 4.74 Å². The zero-order chi connectivity index (χ0) is 19.1. The van der Waals surface area contributed by atoms with Gasteiger partial charge < -0.3 is 10.1 Å². The van der Waals surface area contributed by atoms with Crippen LogP contribution in [-0.4, -0.2) is 39.0 Å². The van der Waals surface area contributed by atoms with Crippen LogP contribution in [-0.2, 0) is 9.53 Å². The fourth-order valence-corrected chi connectivity index (χ4v) is 2.85. The molecule has 0 aliphatic heterocycles. The third kappa shape index (κ3) is 5.18. The van der Waals surface area contributed by atoms with Crippen LogP contribution in [0, 0.1) is 0 Å². The Morgan fingerprint density at radius 3 is 2.56 bits per heavy atom. The van der Waals surface area contributed by atoms with Crippen molar-refractivity contribution >= 4 is 29.3 Å². The first-order chi connectivity index (χ1) is 13.2. The molecular weight excluding hydrogens is 364 g/mol. The molecule has 0 atom stereocenters. The molecule has 2 aromatic carbocycles. The summed E-state index contributed by atoms with van der Waals surface area (Å²) in [5, 5.41) is 7.64. The lowest BCUT2D eigenvalue weighted by atomic mass is 10.2. The molecule has 0 saturated carbocycles. The first kappa shape index (κ1) is 18.7. The molecule has 7 nitrogen and oxygen atoms in total. The van der Waals surface area contributed by atoms with Crippen molar-refractivity contribution in [2.75, 3.05) is 17.7 Å². The number of aromatic nitrogens is 3. The number of carbonyl (C=O) groups is 2. The number of nitrogens with zero attached hydrogens (tertiary/aromatic N) is 3. The second-order valence-corrected chi connectivity index (χ2v) is 6.38. The fraction of sp³-hybridized carbons (Fsp3) is 0.158. The molecule has 0 aliphatic rings. The highest BCUT2D eigenvalue weighted by Gasteiger charge is 2.09. The number of benzene rings is 2. The van der Waals surface area contributed by atoms with Gasteiger partial charge in [0.25, 0.3) is 0 Å². The van der Waals surface area contributed by atoms with Crippen molar-refractivity contribution in [3.8, 4) is 5.69 Å². The average molecular weight is 382 g/mol. The molecule has 1 aromatic heterocycles. The number of nitrogens with one attached hydrogen (secondary N) is 1. The number of esters is 1. The summed E-state index contributed by atoms with van der Waals surface area (Å²) >= 11 is 1.25. The summed E-state index contributed by atoms with van der Waals surface area (Å²) in [6.45, 7) is 2.07.